The quantitative estimate of drug-likeness (QED) is 0.702. The summed E-state index contributed by atoms with van der Waals surface area (Å²) in [7, 11) is 0. The predicted molar refractivity (Wildman–Crippen MR) is 69.1 cm³/mol. The first kappa shape index (κ1) is 12.4. The van der Waals surface area contributed by atoms with Crippen molar-refractivity contribution in [2.24, 2.45) is 5.92 Å². The lowest BCUT2D eigenvalue weighted by molar-refractivity contribution is 0.290. The molecule has 94 valence electrons. The van der Waals surface area contributed by atoms with Gasteiger partial charge in [0.1, 0.15) is 0 Å². The zero-order chi connectivity index (χ0) is 11.9. The van der Waals surface area contributed by atoms with Crippen LogP contribution in [-0.4, -0.2) is 18.1 Å². The Morgan fingerprint density at radius 1 is 1.41 bits per heavy atom. The van der Waals surface area contributed by atoms with Crippen molar-refractivity contribution in [1.82, 2.24) is 10.3 Å². The van der Waals surface area contributed by atoms with Crippen molar-refractivity contribution in [2.45, 2.75) is 39.2 Å². The monoisotopic (exact) mass is 234 g/mol. The second-order valence-electron chi connectivity index (χ2n) is 4.72. The summed E-state index contributed by atoms with van der Waals surface area (Å²) in [6.07, 6.45) is 5.10. The van der Waals surface area contributed by atoms with Gasteiger partial charge in [0.15, 0.2) is 0 Å². The fourth-order valence-corrected chi connectivity index (χ4v) is 1.77. The van der Waals surface area contributed by atoms with E-state index in [0.29, 0.717) is 0 Å². The Morgan fingerprint density at radius 3 is 3.06 bits per heavy atom. The molecule has 1 fully saturated rings. The number of aromatic nitrogens is 1. The fraction of sp³-hybridized carbons (Fsp3) is 0.643. The highest BCUT2D eigenvalue weighted by Crippen LogP contribution is 2.32. The van der Waals surface area contributed by atoms with Gasteiger partial charge in [0, 0.05) is 12.6 Å². The molecule has 0 atom stereocenters. The summed E-state index contributed by atoms with van der Waals surface area (Å²) in [5, 5.41) is 3.34. The SMILES string of the molecule is CCCNCc1cccc(OCCC2CC2)n1. The van der Waals surface area contributed by atoms with Gasteiger partial charge in [0.05, 0.1) is 12.3 Å². The average Bonchev–Trinajstić information content (AvgIpc) is 3.14. The van der Waals surface area contributed by atoms with Gasteiger partial charge in [-0.25, -0.2) is 4.98 Å². The minimum atomic E-state index is 0.765. The third-order valence-electron chi connectivity index (χ3n) is 2.99. The molecule has 0 spiro atoms. The largest absolute Gasteiger partial charge is 0.478 e. The molecule has 0 unspecified atom stereocenters. The molecule has 3 nitrogen and oxygen atoms in total. The average molecular weight is 234 g/mol. The lowest BCUT2D eigenvalue weighted by Crippen LogP contribution is -2.15. The summed E-state index contributed by atoms with van der Waals surface area (Å²) in [6, 6.07) is 6.00. The minimum absolute atomic E-state index is 0.765. The number of hydrogen-bond donors (Lipinski definition) is 1. The molecule has 0 amide bonds. The molecular formula is C14H22N2O. The zero-order valence-corrected chi connectivity index (χ0v) is 10.6. The van der Waals surface area contributed by atoms with E-state index in [1.165, 1.54) is 19.3 Å². The molecule has 1 saturated carbocycles. The first-order valence-electron chi connectivity index (χ1n) is 6.68. The molecule has 1 heterocycles. The second kappa shape index (κ2) is 6.60. The Balaban J connectivity index is 1.73. The van der Waals surface area contributed by atoms with E-state index in [0.717, 1.165) is 43.6 Å². The molecule has 1 aliphatic rings. The summed E-state index contributed by atoms with van der Waals surface area (Å²) in [5.41, 5.74) is 1.06. The number of nitrogens with one attached hydrogen (secondary N) is 1. The molecular weight excluding hydrogens is 212 g/mol. The van der Waals surface area contributed by atoms with Crippen LogP contribution in [0.25, 0.3) is 0 Å². The second-order valence-corrected chi connectivity index (χ2v) is 4.72. The molecule has 1 N–H and O–H groups in total. The van der Waals surface area contributed by atoms with E-state index in [9.17, 15) is 0 Å². The van der Waals surface area contributed by atoms with Gasteiger partial charge in [-0.15, -0.1) is 0 Å². The Kier molecular flexibility index (Phi) is 4.80. The lowest BCUT2D eigenvalue weighted by atomic mass is 10.3. The topological polar surface area (TPSA) is 34.1 Å². The molecule has 0 saturated heterocycles. The number of nitrogens with zero attached hydrogens (tertiary/aromatic N) is 1. The summed E-state index contributed by atoms with van der Waals surface area (Å²) in [4.78, 5) is 4.48. The van der Waals surface area contributed by atoms with Crippen molar-refractivity contribution >= 4 is 0 Å². The van der Waals surface area contributed by atoms with Crippen LogP contribution in [0.1, 0.15) is 38.3 Å². The molecule has 0 bridgehead atoms. The van der Waals surface area contributed by atoms with E-state index in [1.54, 1.807) is 0 Å². The van der Waals surface area contributed by atoms with Gasteiger partial charge in [-0.1, -0.05) is 25.8 Å². The van der Waals surface area contributed by atoms with Crippen LogP contribution in [0.4, 0.5) is 0 Å². The van der Waals surface area contributed by atoms with Gasteiger partial charge in [0.2, 0.25) is 5.88 Å². The van der Waals surface area contributed by atoms with E-state index in [2.05, 4.69) is 17.2 Å². The standard InChI is InChI=1S/C14H22N2O/c1-2-9-15-11-13-4-3-5-14(16-13)17-10-8-12-6-7-12/h3-5,12,15H,2,6-11H2,1H3. The van der Waals surface area contributed by atoms with Gasteiger partial charge in [-0.3, -0.25) is 0 Å². The first-order valence-corrected chi connectivity index (χ1v) is 6.68. The summed E-state index contributed by atoms with van der Waals surface area (Å²) in [5.74, 6) is 1.69. The Bertz CT molecular complexity index is 337. The van der Waals surface area contributed by atoms with Crippen molar-refractivity contribution in [3.8, 4) is 5.88 Å². The first-order chi connectivity index (χ1) is 8.38. The normalized spacial score (nSPS) is 14.9. The molecule has 3 heteroatoms. The van der Waals surface area contributed by atoms with Gasteiger partial charge < -0.3 is 10.1 Å². The van der Waals surface area contributed by atoms with Gasteiger partial charge >= 0.3 is 0 Å². The Hall–Kier alpha value is -1.09. The van der Waals surface area contributed by atoms with Crippen molar-refractivity contribution in [3.05, 3.63) is 23.9 Å². The van der Waals surface area contributed by atoms with Crippen molar-refractivity contribution in [2.75, 3.05) is 13.2 Å². The number of ether oxygens (including phenoxy) is 1. The van der Waals surface area contributed by atoms with Crippen LogP contribution in [-0.2, 0) is 6.54 Å². The van der Waals surface area contributed by atoms with Crippen molar-refractivity contribution < 1.29 is 4.74 Å². The maximum Gasteiger partial charge on any atom is 0.213 e. The minimum Gasteiger partial charge on any atom is -0.478 e. The predicted octanol–water partition coefficient (Wildman–Crippen LogP) is 2.76. The third-order valence-corrected chi connectivity index (χ3v) is 2.99. The van der Waals surface area contributed by atoms with Crippen LogP contribution in [0.2, 0.25) is 0 Å². The zero-order valence-electron chi connectivity index (χ0n) is 10.6. The number of rotatable bonds is 8. The van der Waals surface area contributed by atoms with Crippen molar-refractivity contribution in [1.29, 1.82) is 0 Å². The van der Waals surface area contributed by atoms with Crippen LogP contribution >= 0.6 is 0 Å². The highest BCUT2D eigenvalue weighted by atomic mass is 16.5. The third kappa shape index (κ3) is 4.73. The Labute approximate surface area is 104 Å². The van der Waals surface area contributed by atoms with Crippen LogP contribution in [0.5, 0.6) is 5.88 Å². The summed E-state index contributed by atoms with van der Waals surface area (Å²) >= 11 is 0. The van der Waals surface area contributed by atoms with Gasteiger partial charge in [-0.05, 0) is 31.4 Å². The van der Waals surface area contributed by atoms with Crippen LogP contribution in [0, 0.1) is 5.92 Å². The molecule has 2 rings (SSSR count). The molecule has 0 aromatic carbocycles. The smallest absolute Gasteiger partial charge is 0.213 e. The summed E-state index contributed by atoms with van der Waals surface area (Å²) < 4.78 is 5.66. The van der Waals surface area contributed by atoms with Gasteiger partial charge in [0.25, 0.3) is 0 Å². The van der Waals surface area contributed by atoms with E-state index in [4.69, 9.17) is 4.74 Å². The van der Waals surface area contributed by atoms with Crippen LogP contribution in [0.3, 0.4) is 0 Å². The molecule has 0 aliphatic heterocycles. The molecule has 1 aliphatic carbocycles. The van der Waals surface area contributed by atoms with E-state index in [1.807, 2.05) is 18.2 Å². The molecule has 17 heavy (non-hydrogen) atoms. The van der Waals surface area contributed by atoms with Crippen LogP contribution < -0.4 is 10.1 Å². The highest BCUT2D eigenvalue weighted by Gasteiger charge is 2.20. The van der Waals surface area contributed by atoms with Crippen LogP contribution in [0.15, 0.2) is 18.2 Å². The lowest BCUT2D eigenvalue weighted by Gasteiger charge is -2.07. The number of hydrogen-bond acceptors (Lipinski definition) is 3. The summed E-state index contributed by atoms with van der Waals surface area (Å²) in [6.45, 7) is 4.84. The van der Waals surface area contributed by atoms with E-state index in [-0.39, 0.29) is 0 Å². The number of pyridine rings is 1. The van der Waals surface area contributed by atoms with Gasteiger partial charge in [-0.2, -0.15) is 0 Å². The fourth-order valence-electron chi connectivity index (χ4n) is 1.77. The van der Waals surface area contributed by atoms with E-state index < -0.39 is 0 Å². The molecule has 1 aromatic heterocycles. The highest BCUT2D eigenvalue weighted by molar-refractivity contribution is 5.15. The maximum atomic E-state index is 5.66. The Morgan fingerprint density at radius 2 is 2.29 bits per heavy atom. The molecule has 0 radical (unpaired) electrons. The maximum absolute atomic E-state index is 5.66. The van der Waals surface area contributed by atoms with Crippen molar-refractivity contribution in [3.63, 3.8) is 0 Å². The van der Waals surface area contributed by atoms with E-state index >= 15 is 0 Å². The molecule has 1 aromatic rings.